The number of hydrogen-bond acceptors (Lipinski definition) is 3. The lowest BCUT2D eigenvalue weighted by atomic mass is 10.3. The summed E-state index contributed by atoms with van der Waals surface area (Å²) in [5.74, 6) is 0.405. The fraction of sp³-hybridized carbons (Fsp3) is 0.0833. The molecule has 6 heteroatoms. The molecule has 2 rings (SSSR count). The second kappa shape index (κ2) is 5.67. The Bertz CT molecular complexity index is 578. The van der Waals surface area contributed by atoms with Gasteiger partial charge < -0.3 is 10.1 Å². The van der Waals surface area contributed by atoms with E-state index < -0.39 is 5.82 Å². The van der Waals surface area contributed by atoms with Gasteiger partial charge in [-0.2, -0.15) is 0 Å². The number of benzene rings is 1. The zero-order chi connectivity index (χ0) is 13.1. The largest absolute Gasteiger partial charge is 0.494 e. The molecule has 0 spiro atoms. The van der Waals surface area contributed by atoms with Crippen LogP contribution < -0.4 is 10.1 Å². The highest BCUT2D eigenvalue weighted by molar-refractivity contribution is 9.11. The Kier molecular flexibility index (Phi) is 4.19. The maximum atomic E-state index is 13.5. The van der Waals surface area contributed by atoms with E-state index in [1.54, 1.807) is 18.3 Å². The molecular weight excluding hydrogens is 367 g/mol. The van der Waals surface area contributed by atoms with Crippen molar-refractivity contribution in [2.45, 2.75) is 0 Å². The average Bonchev–Trinajstić information content (AvgIpc) is 2.33. The molecule has 1 heterocycles. The SMILES string of the molecule is COc1ccc(Nc2ncc(Br)cc2Br)cc1F. The van der Waals surface area contributed by atoms with Crippen LogP contribution in [0.2, 0.25) is 0 Å². The molecule has 0 aliphatic rings. The highest BCUT2D eigenvalue weighted by Gasteiger charge is 2.06. The average molecular weight is 376 g/mol. The second-order valence-corrected chi connectivity index (χ2v) is 5.23. The predicted molar refractivity (Wildman–Crippen MR) is 75.9 cm³/mol. The standard InChI is InChI=1S/C12H9Br2FN2O/c1-18-11-3-2-8(5-10(11)15)17-12-9(14)4-7(13)6-16-12/h2-6H,1H3,(H,16,17). The van der Waals surface area contributed by atoms with Crippen molar-refractivity contribution in [1.29, 1.82) is 0 Å². The Hall–Kier alpha value is -1.14. The molecule has 2 aromatic rings. The monoisotopic (exact) mass is 374 g/mol. The summed E-state index contributed by atoms with van der Waals surface area (Å²) < 4.78 is 20.0. The number of aromatic nitrogens is 1. The molecule has 0 saturated heterocycles. The van der Waals surface area contributed by atoms with Crippen LogP contribution >= 0.6 is 31.9 Å². The molecule has 0 radical (unpaired) electrons. The first kappa shape index (κ1) is 13.3. The van der Waals surface area contributed by atoms with Gasteiger partial charge in [-0.15, -0.1) is 0 Å². The lowest BCUT2D eigenvalue weighted by molar-refractivity contribution is 0.386. The van der Waals surface area contributed by atoms with Crippen molar-refractivity contribution in [3.05, 3.63) is 45.2 Å². The number of ether oxygens (including phenoxy) is 1. The van der Waals surface area contributed by atoms with Crippen LogP contribution in [0.25, 0.3) is 0 Å². The first-order valence-electron chi connectivity index (χ1n) is 5.02. The molecule has 18 heavy (non-hydrogen) atoms. The van der Waals surface area contributed by atoms with Crippen LogP contribution in [0, 0.1) is 5.82 Å². The molecule has 0 atom stereocenters. The van der Waals surface area contributed by atoms with Gasteiger partial charge in [-0.3, -0.25) is 0 Å². The number of hydrogen-bond donors (Lipinski definition) is 1. The fourth-order valence-electron chi connectivity index (χ4n) is 1.39. The molecule has 0 saturated carbocycles. The number of pyridine rings is 1. The number of methoxy groups -OCH3 is 1. The van der Waals surface area contributed by atoms with Crippen LogP contribution in [0.4, 0.5) is 15.9 Å². The van der Waals surface area contributed by atoms with Gasteiger partial charge in [-0.1, -0.05) is 0 Å². The topological polar surface area (TPSA) is 34.1 Å². The van der Waals surface area contributed by atoms with Gasteiger partial charge in [0.25, 0.3) is 0 Å². The van der Waals surface area contributed by atoms with E-state index in [4.69, 9.17) is 4.74 Å². The number of anilines is 2. The van der Waals surface area contributed by atoms with Crippen LogP contribution in [0.15, 0.2) is 39.4 Å². The zero-order valence-electron chi connectivity index (χ0n) is 9.38. The quantitative estimate of drug-likeness (QED) is 0.857. The van der Waals surface area contributed by atoms with Crippen molar-refractivity contribution in [2.75, 3.05) is 12.4 Å². The smallest absolute Gasteiger partial charge is 0.167 e. The molecule has 0 unspecified atom stereocenters. The number of halogens is 3. The molecule has 1 aromatic heterocycles. The van der Waals surface area contributed by atoms with Crippen molar-refractivity contribution in [3.63, 3.8) is 0 Å². The molecule has 1 aromatic carbocycles. The fourth-order valence-corrected chi connectivity index (χ4v) is 2.47. The lowest BCUT2D eigenvalue weighted by Gasteiger charge is -2.09. The third-order valence-electron chi connectivity index (χ3n) is 2.22. The molecule has 0 aliphatic carbocycles. The predicted octanol–water partition coefficient (Wildman–Crippen LogP) is 4.50. The maximum absolute atomic E-state index is 13.5. The molecule has 0 fully saturated rings. The normalized spacial score (nSPS) is 10.2. The molecule has 3 nitrogen and oxygen atoms in total. The third-order valence-corrected chi connectivity index (χ3v) is 3.26. The second-order valence-electron chi connectivity index (χ2n) is 3.46. The first-order chi connectivity index (χ1) is 8.60. The highest BCUT2D eigenvalue weighted by Crippen LogP contribution is 2.28. The van der Waals surface area contributed by atoms with Gasteiger partial charge in [0.15, 0.2) is 11.6 Å². The summed E-state index contributed by atoms with van der Waals surface area (Å²) in [5.41, 5.74) is 0.601. The molecular formula is C12H9Br2FN2O. The van der Waals surface area contributed by atoms with Gasteiger partial charge in [0, 0.05) is 22.4 Å². The van der Waals surface area contributed by atoms with Gasteiger partial charge in [0.1, 0.15) is 5.82 Å². The highest BCUT2D eigenvalue weighted by atomic mass is 79.9. The van der Waals surface area contributed by atoms with E-state index in [0.717, 1.165) is 8.95 Å². The van der Waals surface area contributed by atoms with Gasteiger partial charge in [0.2, 0.25) is 0 Å². The van der Waals surface area contributed by atoms with Gasteiger partial charge in [0.05, 0.1) is 11.6 Å². The third kappa shape index (κ3) is 3.00. The minimum Gasteiger partial charge on any atom is -0.494 e. The summed E-state index contributed by atoms with van der Waals surface area (Å²) in [6, 6.07) is 6.49. The Labute approximate surface area is 121 Å². The summed E-state index contributed by atoms with van der Waals surface area (Å²) in [7, 11) is 1.43. The molecule has 94 valence electrons. The Balaban J connectivity index is 2.26. The number of rotatable bonds is 3. The first-order valence-corrected chi connectivity index (χ1v) is 6.60. The molecule has 0 bridgehead atoms. The van der Waals surface area contributed by atoms with Crippen LogP contribution in [-0.2, 0) is 0 Å². The van der Waals surface area contributed by atoms with E-state index in [0.29, 0.717) is 11.5 Å². The van der Waals surface area contributed by atoms with Crippen LogP contribution in [-0.4, -0.2) is 12.1 Å². The van der Waals surface area contributed by atoms with Crippen LogP contribution in [0.5, 0.6) is 5.75 Å². The molecule has 0 amide bonds. The summed E-state index contributed by atoms with van der Waals surface area (Å²) in [4.78, 5) is 4.19. The molecule has 0 aliphatic heterocycles. The van der Waals surface area contributed by atoms with Crippen LogP contribution in [0.1, 0.15) is 0 Å². The lowest BCUT2D eigenvalue weighted by Crippen LogP contribution is -1.96. The van der Waals surface area contributed by atoms with Gasteiger partial charge in [-0.25, -0.2) is 9.37 Å². The number of nitrogens with zero attached hydrogens (tertiary/aromatic N) is 1. The zero-order valence-corrected chi connectivity index (χ0v) is 12.5. The van der Waals surface area contributed by atoms with E-state index in [9.17, 15) is 4.39 Å². The van der Waals surface area contributed by atoms with Crippen molar-refractivity contribution in [1.82, 2.24) is 4.98 Å². The van der Waals surface area contributed by atoms with Crippen molar-refractivity contribution >= 4 is 43.4 Å². The summed E-state index contributed by atoms with van der Waals surface area (Å²) >= 11 is 6.69. The summed E-state index contributed by atoms with van der Waals surface area (Å²) in [5, 5.41) is 3.02. The van der Waals surface area contributed by atoms with Crippen molar-refractivity contribution in [3.8, 4) is 5.75 Å². The minimum absolute atomic E-state index is 0.211. The Morgan fingerprint density at radius 3 is 2.67 bits per heavy atom. The Morgan fingerprint density at radius 1 is 1.28 bits per heavy atom. The maximum Gasteiger partial charge on any atom is 0.167 e. The van der Waals surface area contributed by atoms with E-state index in [2.05, 4.69) is 42.2 Å². The number of nitrogens with one attached hydrogen (secondary N) is 1. The van der Waals surface area contributed by atoms with Crippen molar-refractivity contribution in [2.24, 2.45) is 0 Å². The van der Waals surface area contributed by atoms with Gasteiger partial charge >= 0.3 is 0 Å². The summed E-state index contributed by atoms with van der Waals surface area (Å²) in [6.07, 6.45) is 1.66. The van der Waals surface area contributed by atoms with E-state index >= 15 is 0 Å². The van der Waals surface area contributed by atoms with E-state index in [-0.39, 0.29) is 5.75 Å². The van der Waals surface area contributed by atoms with E-state index in [1.165, 1.54) is 13.2 Å². The van der Waals surface area contributed by atoms with Gasteiger partial charge in [-0.05, 0) is 50.1 Å². The Morgan fingerprint density at radius 2 is 2.06 bits per heavy atom. The minimum atomic E-state index is -0.421. The van der Waals surface area contributed by atoms with E-state index in [1.807, 2.05) is 6.07 Å². The summed E-state index contributed by atoms with van der Waals surface area (Å²) in [6.45, 7) is 0. The van der Waals surface area contributed by atoms with Crippen LogP contribution in [0.3, 0.4) is 0 Å². The van der Waals surface area contributed by atoms with Crippen molar-refractivity contribution < 1.29 is 9.13 Å². The molecule has 1 N–H and O–H groups in total.